The molecule has 0 amide bonds. The summed E-state index contributed by atoms with van der Waals surface area (Å²) in [6, 6.07) is 6.13. The second-order valence-corrected chi connectivity index (χ2v) is 13.8. The Bertz CT molecular complexity index is 1200. The van der Waals surface area contributed by atoms with Gasteiger partial charge in [-0.3, -0.25) is 4.21 Å². The number of nitrogens with one attached hydrogen (secondary N) is 1. The normalized spacial score (nSPS) is 25.0. The predicted octanol–water partition coefficient (Wildman–Crippen LogP) is 6.33. The number of nitrogens with zero attached hydrogens (tertiary/aromatic N) is 3. The van der Waals surface area contributed by atoms with Crippen LogP contribution in [-0.4, -0.2) is 54.7 Å². The number of aliphatic hydroxyl groups is 1. The molecule has 2 heterocycles. The molecular formula is C29H39F3N4O2S. The zero-order valence-electron chi connectivity index (χ0n) is 22.9. The van der Waals surface area contributed by atoms with Gasteiger partial charge in [0.15, 0.2) is 0 Å². The van der Waals surface area contributed by atoms with Crippen LogP contribution in [0.3, 0.4) is 0 Å². The molecule has 3 fully saturated rings. The van der Waals surface area contributed by atoms with Gasteiger partial charge in [0, 0.05) is 34.0 Å². The number of halogens is 3. The van der Waals surface area contributed by atoms with Crippen molar-refractivity contribution in [3.8, 4) is 0 Å². The second kappa shape index (κ2) is 11.1. The van der Waals surface area contributed by atoms with Gasteiger partial charge in [0.1, 0.15) is 0 Å². The molecule has 2 aromatic rings. The fourth-order valence-corrected chi connectivity index (χ4v) is 8.42. The molecule has 1 saturated heterocycles. The minimum absolute atomic E-state index is 0.0135. The van der Waals surface area contributed by atoms with Crippen LogP contribution in [0.4, 0.5) is 24.8 Å². The summed E-state index contributed by atoms with van der Waals surface area (Å²) in [7, 11) is -1.09. The second-order valence-electron chi connectivity index (χ2n) is 12.1. The van der Waals surface area contributed by atoms with Crippen molar-refractivity contribution in [1.82, 2.24) is 14.9 Å². The van der Waals surface area contributed by atoms with Crippen molar-refractivity contribution in [1.29, 1.82) is 0 Å². The molecule has 1 spiro atoms. The van der Waals surface area contributed by atoms with Crippen LogP contribution in [0, 0.1) is 12.3 Å². The summed E-state index contributed by atoms with van der Waals surface area (Å²) in [5.74, 6) is -0.266. The van der Waals surface area contributed by atoms with Gasteiger partial charge in [-0.1, -0.05) is 0 Å². The van der Waals surface area contributed by atoms with Gasteiger partial charge in [0.2, 0.25) is 5.95 Å². The molecule has 2 saturated carbocycles. The van der Waals surface area contributed by atoms with E-state index in [1.165, 1.54) is 12.8 Å². The van der Waals surface area contributed by atoms with E-state index in [1.807, 2.05) is 25.1 Å². The first-order valence-electron chi connectivity index (χ1n) is 14.1. The van der Waals surface area contributed by atoms with Crippen molar-refractivity contribution in [3.05, 3.63) is 41.2 Å². The zero-order chi connectivity index (χ0) is 27.9. The molecule has 1 atom stereocenters. The maximum absolute atomic E-state index is 13.7. The average Bonchev–Trinajstić information content (AvgIpc) is 2.88. The molecule has 6 nitrogen and oxygen atoms in total. The number of aromatic nitrogens is 2. The van der Waals surface area contributed by atoms with Gasteiger partial charge in [0.05, 0.1) is 28.2 Å². The highest BCUT2D eigenvalue weighted by Gasteiger charge is 2.48. The largest absolute Gasteiger partial charge is 0.419 e. The lowest BCUT2D eigenvalue weighted by Gasteiger charge is -2.52. The summed E-state index contributed by atoms with van der Waals surface area (Å²) < 4.78 is 54.5. The molecule has 1 unspecified atom stereocenters. The number of piperidine rings is 1. The molecule has 0 bridgehead atoms. The molecule has 1 aliphatic heterocycles. The summed E-state index contributed by atoms with van der Waals surface area (Å²) in [5, 5.41) is 13.0. The highest BCUT2D eigenvalue weighted by atomic mass is 32.2. The van der Waals surface area contributed by atoms with Crippen molar-refractivity contribution in [3.63, 3.8) is 0 Å². The maximum Gasteiger partial charge on any atom is 0.419 e. The van der Waals surface area contributed by atoms with E-state index in [0.717, 1.165) is 42.6 Å². The fraction of sp³-hybridized carbons (Fsp3) is 0.655. The van der Waals surface area contributed by atoms with Crippen LogP contribution in [0.15, 0.2) is 29.3 Å². The maximum atomic E-state index is 13.7. The van der Waals surface area contributed by atoms with Crippen LogP contribution in [-0.2, 0) is 17.0 Å². The number of anilines is 2. The lowest BCUT2D eigenvalue weighted by atomic mass is 9.63. The third kappa shape index (κ3) is 6.17. The first kappa shape index (κ1) is 28.5. The average molecular weight is 565 g/mol. The van der Waals surface area contributed by atoms with Crippen LogP contribution >= 0.6 is 0 Å². The number of rotatable bonds is 6. The number of aryl methyl sites for hydroxylation is 1. The fourth-order valence-electron chi connectivity index (χ4n) is 6.53. The topological polar surface area (TPSA) is 78.4 Å². The predicted molar refractivity (Wildman–Crippen MR) is 147 cm³/mol. The van der Waals surface area contributed by atoms with Crippen LogP contribution < -0.4 is 5.32 Å². The van der Waals surface area contributed by atoms with Crippen LogP contribution in [0.25, 0.3) is 0 Å². The van der Waals surface area contributed by atoms with Crippen molar-refractivity contribution < 1.29 is 22.5 Å². The molecule has 5 rings (SSSR count). The van der Waals surface area contributed by atoms with E-state index in [1.54, 1.807) is 0 Å². The molecule has 2 N–H and O–H groups in total. The lowest BCUT2D eigenvalue weighted by molar-refractivity contribution is -0.139. The van der Waals surface area contributed by atoms with Gasteiger partial charge in [0.25, 0.3) is 0 Å². The molecule has 214 valence electrons. The van der Waals surface area contributed by atoms with Crippen LogP contribution in [0.1, 0.15) is 88.0 Å². The van der Waals surface area contributed by atoms with Crippen LogP contribution in [0.5, 0.6) is 0 Å². The van der Waals surface area contributed by atoms with E-state index in [-0.39, 0.29) is 22.8 Å². The van der Waals surface area contributed by atoms with Gasteiger partial charge in [-0.2, -0.15) is 13.2 Å². The van der Waals surface area contributed by atoms with Gasteiger partial charge in [-0.15, -0.1) is 0 Å². The van der Waals surface area contributed by atoms with Crippen molar-refractivity contribution in [2.75, 3.05) is 18.4 Å². The van der Waals surface area contributed by atoms with Crippen molar-refractivity contribution in [2.45, 2.75) is 107 Å². The van der Waals surface area contributed by atoms with Gasteiger partial charge in [-0.05, 0) is 114 Å². The number of likely N-dealkylation sites (tertiary alicyclic amines) is 1. The molecule has 10 heteroatoms. The zero-order valence-corrected chi connectivity index (χ0v) is 23.7. The summed E-state index contributed by atoms with van der Waals surface area (Å²) in [6.45, 7) is 8.60. The number of alkyl halides is 3. The molecule has 0 radical (unpaired) electrons. The van der Waals surface area contributed by atoms with Gasteiger partial charge < -0.3 is 15.3 Å². The third-order valence-corrected chi connectivity index (χ3v) is 10.8. The number of hydrogen-bond acceptors (Lipinski definition) is 6. The lowest BCUT2D eigenvalue weighted by Crippen LogP contribution is -2.51. The highest BCUT2D eigenvalue weighted by Crippen LogP contribution is 2.52. The smallest absolute Gasteiger partial charge is 0.393 e. The Hall–Kier alpha value is -2.04. The molecule has 39 heavy (non-hydrogen) atoms. The minimum Gasteiger partial charge on any atom is -0.393 e. The van der Waals surface area contributed by atoms with E-state index in [2.05, 4.69) is 34.0 Å². The van der Waals surface area contributed by atoms with Crippen molar-refractivity contribution in [2.24, 2.45) is 5.41 Å². The first-order chi connectivity index (χ1) is 18.4. The Morgan fingerprint density at radius 2 is 1.79 bits per heavy atom. The number of aliphatic hydroxyl groups excluding tert-OH is 1. The van der Waals surface area contributed by atoms with Gasteiger partial charge in [-0.25, -0.2) is 9.97 Å². The van der Waals surface area contributed by atoms with Crippen molar-refractivity contribution >= 4 is 22.4 Å². The minimum atomic E-state index is -4.54. The van der Waals surface area contributed by atoms with Crippen LogP contribution in [0.2, 0.25) is 0 Å². The summed E-state index contributed by atoms with van der Waals surface area (Å²) >= 11 is 0. The first-order valence-corrected chi connectivity index (χ1v) is 15.3. The quantitative estimate of drug-likeness (QED) is 0.427. The summed E-state index contributed by atoms with van der Waals surface area (Å²) in [5.41, 5.74) is 1.03. The van der Waals surface area contributed by atoms with E-state index in [9.17, 15) is 22.5 Å². The summed E-state index contributed by atoms with van der Waals surface area (Å²) in [4.78, 5) is 11.6. The standard InChI is InChI=1S/C29H39F3N4O2S/c1-18(2)36-12-10-28(11-13-36)15-23(16-28)39(38)22-8-9-25(19(3)14-22)34-27-33-17-24(29(30,31)32)26(35-27)20-4-6-21(37)7-5-20/h8-9,14,17-18,20-21,23,37H,4-7,10-13,15-16H2,1-3H3,(H,33,34,35). The van der Waals surface area contributed by atoms with E-state index in [0.29, 0.717) is 42.8 Å². The number of hydrogen-bond donors (Lipinski definition) is 2. The molecule has 2 aliphatic carbocycles. The Kier molecular flexibility index (Phi) is 8.10. The molecule has 1 aromatic heterocycles. The molecule has 3 aliphatic rings. The Balaban J connectivity index is 1.26. The van der Waals surface area contributed by atoms with E-state index >= 15 is 0 Å². The third-order valence-electron chi connectivity index (χ3n) is 9.10. The Morgan fingerprint density at radius 3 is 2.38 bits per heavy atom. The van der Waals surface area contributed by atoms with Gasteiger partial charge >= 0.3 is 6.18 Å². The SMILES string of the molecule is Cc1cc(S(=O)C2CC3(CCN(C(C)C)CC3)C2)ccc1Nc1ncc(C(F)(F)F)c(C2CCC(O)CC2)n1. The molecular weight excluding hydrogens is 525 g/mol. The molecule has 1 aromatic carbocycles. The number of benzene rings is 1. The van der Waals surface area contributed by atoms with E-state index < -0.39 is 28.6 Å². The Labute approximate surface area is 231 Å². The Morgan fingerprint density at radius 1 is 1.13 bits per heavy atom. The summed E-state index contributed by atoms with van der Waals surface area (Å²) in [6.07, 6.45) is 2.05. The van der Waals surface area contributed by atoms with E-state index in [4.69, 9.17) is 0 Å². The highest BCUT2D eigenvalue weighted by molar-refractivity contribution is 7.85. The monoisotopic (exact) mass is 564 g/mol.